The van der Waals surface area contributed by atoms with Gasteiger partial charge < -0.3 is 16.4 Å². The van der Waals surface area contributed by atoms with Crippen LogP contribution in [0.4, 0.5) is 10.1 Å². The summed E-state index contributed by atoms with van der Waals surface area (Å²) in [7, 11) is 0. The molecule has 6 unspecified atom stereocenters. The van der Waals surface area contributed by atoms with Crippen LogP contribution in [-0.4, -0.2) is 55.1 Å². The fourth-order valence-electron chi connectivity index (χ4n) is 7.76. The van der Waals surface area contributed by atoms with Gasteiger partial charge in [-0.25, -0.2) is 4.39 Å². The second-order valence-corrected chi connectivity index (χ2v) is 14.9. The van der Waals surface area contributed by atoms with Gasteiger partial charge in [-0.1, -0.05) is 52.0 Å². The summed E-state index contributed by atoms with van der Waals surface area (Å²) >= 11 is 0. The average Bonchev–Trinajstić information content (AvgIpc) is 3.50. The number of anilines is 1. The van der Waals surface area contributed by atoms with Gasteiger partial charge in [0, 0.05) is 23.5 Å². The zero-order valence-corrected chi connectivity index (χ0v) is 27.7. The minimum absolute atomic E-state index is 0.00448. The molecule has 0 aromatic heterocycles. The Kier molecular flexibility index (Phi) is 10.4. The highest BCUT2D eigenvalue weighted by molar-refractivity contribution is 6.01. The van der Waals surface area contributed by atoms with E-state index in [-0.39, 0.29) is 41.7 Å². The van der Waals surface area contributed by atoms with Gasteiger partial charge in [-0.15, -0.1) is 0 Å². The van der Waals surface area contributed by atoms with Gasteiger partial charge in [0.15, 0.2) is 6.17 Å². The molecule has 0 saturated heterocycles. The first-order valence-electron chi connectivity index (χ1n) is 17.0. The van der Waals surface area contributed by atoms with E-state index in [2.05, 4.69) is 67.6 Å². The second kappa shape index (κ2) is 14.1. The van der Waals surface area contributed by atoms with Gasteiger partial charge in [0.05, 0.1) is 30.8 Å². The molecule has 1 aromatic carbocycles. The summed E-state index contributed by atoms with van der Waals surface area (Å²) in [6.07, 6.45) is 11.3. The Labute approximate surface area is 268 Å². The maximum Gasteiger partial charge on any atom is 0.238 e. The number of nitrogens with zero attached hydrogens (tertiary/aromatic N) is 2. The van der Waals surface area contributed by atoms with E-state index in [1.165, 1.54) is 11.8 Å². The third-order valence-electron chi connectivity index (χ3n) is 10.5. The number of carbonyl (C=O) groups excluding carboxylic acids is 2. The summed E-state index contributed by atoms with van der Waals surface area (Å²) in [6.45, 7) is 11.4. The topological polar surface area (TPSA) is 109 Å². The van der Waals surface area contributed by atoms with Crippen molar-refractivity contribution in [3.05, 3.63) is 41.5 Å². The number of primary amides is 1. The molecule has 1 aliphatic heterocycles. The molecular formula is C37H52FN5O2. The predicted octanol–water partition coefficient (Wildman–Crippen LogP) is 6.78. The van der Waals surface area contributed by atoms with Crippen molar-refractivity contribution in [3.63, 3.8) is 0 Å². The summed E-state index contributed by atoms with van der Waals surface area (Å²) in [5, 5.41) is 6.72. The predicted molar refractivity (Wildman–Crippen MR) is 183 cm³/mol. The van der Waals surface area contributed by atoms with Gasteiger partial charge in [-0.2, -0.15) is 0 Å². The number of rotatable bonds is 5. The number of nitrogens with two attached hydrogens (primary N) is 1. The Balaban J connectivity index is 1.48. The standard InChI is InChI=1S/C37H52FN5O2/c1-22(2)8-11-30-29(38)20-40-16-13-23(3)25-9-10-27(24-7-6-14-37(4,5)15-12-24)32(18-25)42-33(44)21-41-31-19-26-17-28(31)35(43-30)34(26)36(39)45/h7,9-10,13,18,20,22,26,28-29,31,34-35,41H,6,8,11-12,14-17,19,21H2,1-5H3,(H2,39,45)(H,42,44). The van der Waals surface area contributed by atoms with Crippen molar-refractivity contribution in [1.29, 1.82) is 0 Å². The lowest BCUT2D eigenvalue weighted by molar-refractivity contribution is -0.124. The van der Waals surface area contributed by atoms with Gasteiger partial charge >= 0.3 is 0 Å². The van der Waals surface area contributed by atoms with Gasteiger partial charge in [0.1, 0.15) is 0 Å². The van der Waals surface area contributed by atoms with Crippen LogP contribution >= 0.6 is 0 Å². The van der Waals surface area contributed by atoms with Crippen LogP contribution in [0.1, 0.15) is 97.1 Å². The lowest BCUT2D eigenvalue weighted by Crippen LogP contribution is -2.48. The smallest absolute Gasteiger partial charge is 0.238 e. The fourth-order valence-corrected chi connectivity index (χ4v) is 7.76. The van der Waals surface area contributed by atoms with Gasteiger partial charge in [0.25, 0.3) is 0 Å². The van der Waals surface area contributed by atoms with Crippen molar-refractivity contribution in [2.24, 2.45) is 44.8 Å². The minimum Gasteiger partial charge on any atom is -0.369 e. The number of fused-ring (bicyclic) bond motifs is 3. The molecule has 0 radical (unpaired) electrons. The van der Waals surface area contributed by atoms with Crippen molar-refractivity contribution in [2.75, 3.05) is 18.4 Å². The van der Waals surface area contributed by atoms with Crippen LogP contribution in [0.25, 0.3) is 11.1 Å². The molecule has 7 nitrogen and oxygen atoms in total. The largest absolute Gasteiger partial charge is 0.369 e. The summed E-state index contributed by atoms with van der Waals surface area (Å²) in [5.74, 6) is -0.413. The summed E-state index contributed by atoms with van der Waals surface area (Å²) in [6, 6.07) is 5.90. The molecule has 0 spiro atoms. The zero-order chi connectivity index (χ0) is 32.3. The summed E-state index contributed by atoms with van der Waals surface area (Å²) in [5.41, 5.74) is 11.8. The first-order valence-corrected chi connectivity index (χ1v) is 17.0. The van der Waals surface area contributed by atoms with E-state index in [0.29, 0.717) is 24.6 Å². The average molecular weight is 618 g/mol. The maximum atomic E-state index is 15.8. The SMILES string of the molecule is CC1=CCN=CC(F)C(CCC(C)C)=NC2C3CC(CC3NCC(=O)Nc3cc1ccc3C1=CCCC(C)(C)CC1)C2C(N)=O. The van der Waals surface area contributed by atoms with E-state index in [1.807, 2.05) is 13.0 Å². The van der Waals surface area contributed by atoms with E-state index < -0.39 is 18.1 Å². The Morgan fingerprint density at radius 3 is 2.73 bits per heavy atom. The molecule has 4 aliphatic rings. The third-order valence-corrected chi connectivity index (χ3v) is 10.5. The van der Waals surface area contributed by atoms with Crippen molar-refractivity contribution < 1.29 is 14.0 Å². The van der Waals surface area contributed by atoms with Crippen molar-refractivity contribution in [1.82, 2.24) is 5.32 Å². The molecule has 45 heavy (non-hydrogen) atoms. The maximum absolute atomic E-state index is 15.8. The molecule has 2 amide bonds. The van der Waals surface area contributed by atoms with E-state index >= 15 is 4.39 Å². The molecule has 3 aliphatic carbocycles. The van der Waals surface area contributed by atoms with Crippen LogP contribution < -0.4 is 16.4 Å². The van der Waals surface area contributed by atoms with E-state index in [1.54, 1.807) is 0 Å². The molecular weight excluding hydrogens is 565 g/mol. The molecule has 6 atom stereocenters. The summed E-state index contributed by atoms with van der Waals surface area (Å²) in [4.78, 5) is 35.5. The lowest BCUT2D eigenvalue weighted by Gasteiger charge is -2.33. The zero-order valence-electron chi connectivity index (χ0n) is 27.7. The minimum atomic E-state index is -1.43. The molecule has 5 rings (SSSR count). The van der Waals surface area contributed by atoms with Crippen LogP contribution in [-0.2, 0) is 9.59 Å². The number of carbonyl (C=O) groups is 2. The molecule has 1 aromatic rings. The van der Waals surface area contributed by atoms with Crippen molar-refractivity contribution in [2.45, 2.75) is 104 Å². The number of allylic oxidation sites excluding steroid dienone is 3. The molecule has 2 fully saturated rings. The first kappa shape index (κ1) is 33.2. The molecule has 244 valence electrons. The highest BCUT2D eigenvalue weighted by Crippen LogP contribution is 2.50. The van der Waals surface area contributed by atoms with Crippen LogP contribution in [0.15, 0.2) is 40.3 Å². The Morgan fingerprint density at radius 2 is 1.98 bits per heavy atom. The molecule has 2 saturated carbocycles. The number of nitrogens with one attached hydrogen (secondary N) is 2. The quantitative estimate of drug-likeness (QED) is 0.339. The van der Waals surface area contributed by atoms with Gasteiger partial charge in [-0.05, 0) is 104 Å². The number of benzene rings is 1. The van der Waals surface area contributed by atoms with Crippen LogP contribution in [0.5, 0.6) is 0 Å². The lowest BCUT2D eigenvalue weighted by atomic mass is 9.81. The van der Waals surface area contributed by atoms with Crippen molar-refractivity contribution >= 4 is 40.6 Å². The Hall–Kier alpha value is -3.13. The van der Waals surface area contributed by atoms with Gasteiger partial charge in [-0.3, -0.25) is 19.6 Å². The highest BCUT2D eigenvalue weighted by Gasteiger charge is 2.55. The first-order chi connectivity index (χ1) is 21.4. The molecule has 4 N–H and O–H groups in total. The Bertz CT molecular complexity index is 1390. The highest BCUT2D eigenvalue weighted by atomic mass is 19.1. The monoisotopic (exact) mass is 617 g/mol. The van der Waals surface area contributed by atoms with E-state index in [9.17, 15) is 9.59 Å². The third kappa shape index (κ3) is 8.00. The number of aliphatic imine (C=N–C) groups is 2. The van der Waals surface area contributed by atoms with Crippen LogP contribution in [0.2, 0.25) is 0 Å². The normalized spacial score (nSPS) is 30.5. The number of hydrogen-bond acceptors (Lipinski definition) is 5. The number of hydrogen-bond donors (Lipinski definition) is 3. The van der Waals surface area contributed by atoms with E-state index in [0.717, 1.165) is 67.3 Å². The Morgan fingerprint density at radius 1 is 1.18 bits per heavy atom. The molecule has 4 bridgehead atoms. The second-order valence-electron chi connectivity index (χ2n) is 14.9. The van der Waals surface area contributed by atoms with E-state index in [4.69, 9.17) is 10.7 Å². The fraction of sp³-hybridized carbons (Fsp3) is 0.622. The number of alkyl halides is 1. The van der Waals surface area contributed by atoms with Gasteiger partial charge in [0.2, 0.25) is 11.8 Å². The molecule has 8 heteroatoms. The number of amides is 2. The van der Waals surface area contributed by atoms with Crippen LogP contribution in [0.3, 0.4) is 0 Å². The number of halogens is 1. The molecule has 1 heterocycles. The van der Waals surface area contributed by atoms with Crippen molar-refractivity contribution in [3.8, 4) is 0 Å². The van der Waals surface area contributed by atoms with Crippen LogP contribution in [0, 0.1) is 29.1 Å². The summed E-state index contributed by atoms with van der Waals surface area (Å²) < 4.78 is 15.8.